The highest BCUT2D eigenvalue weighted by molar-refractivity contribution is 5.89. The quantitative estimate of drug-likeness (QED) is 0.850. The molecule has 2 nitrogen and oxygen atoms in total. The number of benzene rings is 1. The van der Waals surface area contributed by atoms with E-state index >= 15 is 0 Å². The topological polar surface area (TPSA) is 29.1 Å². The largest absolute Gasteiger partial charge is 0.302 e. The van der Waals surface area contributed by atoms with Gasteiger partial charge >= 0.3 is 0 Å². The lowest BCUT2D eigenvalue weighted by Gasteiger charge is -2.32. The molecule has 1 aromatic rings. The second-order valence-electron chi connectivity index (χ2n) is 7.62. The van der Waals surface area contributed by atoms with Gasteiger partial charge in [-0.25, -0.2) is 13.2 Å². The zero-order chi connectivity index (χ0) is 17.3. The van der Waals surface area contributed by atoms with Crippen molar-refractivity contribution in [2.75, 3.05) is 0 Å². The van der Waals surface area contributed by atoms with E-state index in [1.165, 1.54) is 0 Å². The molecule has 1 aromatic carbocycles. The van der Waals surface area contributed by atoms with Crippen LogP contribution >= 0.6 is 0 Å². The maximum Gasteiger partial charge on any atom is 0.161 e. The van der Waals surface area contributed by atoms with Crippen molar-refractivity contribution in [2.24, 2.45) is 5.41 Å². The summed E-state index contributed by atoms with van der Waals surface area (Å²) >= 11 is 0. The number of nitrogens with one attached hydrogen (secondary N) is 1. The van der Waals surface area contributed by atoms with Crippen LogP contribution in [0.25, 0.3) is 0 Å². The molecule has 0 unspecified atom stereocenters. The molecule has 0 saturated heterocycles. The lowest BCUT2D eigenvalue weighted by atomic mass is 9.83. The van der Waals surface area contributed by atoms with Gasteiger partial charge in [-0.2, -0.15) is 0 Å². The third-order valence-corrected chi connectivity index (χ3v) is 3.18. The molecule has 22 heavy (non-hydrogen) atoms. The van der Waals surface area contributed by atoms with Crippen LogP contribution in [0.3, 0.4) is 0 Å². The summed E-state index contributed by atoms with van der Waals surface area (Å²) in [5.74, 6) is -3.30. The Balaban J connectivity index is 3.14. The third-order valence-electron chi connectivity index (χ3n) is 3.18. The highest BCUT2D eigenvalue weighted by Crippen LogP contribution is 2.22. The first-order valence-electron chi connectivity index (χ1n) is 7.26. The zero-order valence-electron chi connectivity index (χ0n) is 14.0. The van der Waals surface area contributed by atoms with E-state index in [0.29, 0.717) is 6.07 Å². The van der Waals surface area contributed by atoms with E-state index in [-0.39, 0.29) is 23.3 Å². The molecular formula is C17H24F3NO. The fourth-order valence-electron chi connectivity index (χ4n) is 2.19. The number of halogens is 3. The molecule has 0 amide bonds. The van der Waals surface area contributed by atoms with Crippen LogP contribution in [-0.2, 0) is 11.2 Å². The van der Waals surface area contributed by atoms with Crippen molar-refractivity contribution in [3.63, 3.8) is 0 Å². The molecule has 0 aliphatic carbocycles. The second kappa shape index (κ2) is 6.41. The number of hydrogen-bond acceptors (Lipinski definition) is 2. The predicted molar refractivity (Wildman–Crippen MR) is 81.2 cm³/mol. The zero-order valence-corrected chi connectivity index (χ0v) is 14.0. The molecule has 0 fully saturated rings. The van der Waals surface area contributed by atoms with Crippen LogP contribution in [0.5, 0.6) is 0 Å². The summed E-state index contributed by atoms with van der Waals surface area (Å²) in [5.41, 5.74) is -1.02. The maximum absolute atomic E-state index is 13.8. The summed E-state index contributed by atoms with van der Waals surface area (Å²) < 4.78 is 40.2. The van der Waals surface area contributed by atoms with E-state index in [1.807, 2.05) is 20.8 Å². The Hall–Kier alpha value is -1.36. The van der Waals surface area contributed by atoms with E-state index in [4.69, 9.17) is 0 Å². The average Bonchev–Trinajstić information content (AvgIpc) is 2.31. The van der Waals surface area contributed by atoms with Crippen LogP contribution in [0.15, 0.2) is 12.1 Å². The average molecular weight is 315 g/mol. The maximum atomic E-state index is 13.8. The fourth-order valence-corrected chi connectivity index (χ4v) is 2.19. The summed E-state index contributed by atoms with van der Waals surface area (Å²) in [6, 6.07) is 0.651. The molecule has 5 heteroatoms. The van der Waals surface area contributed by atoms with E-state index < -0.39 is 28.9 Å². The Kier molecular flexibility index (Phi) is 5.44. The summed E-state index contributed by atoms with van der Waals surface area (Å²) in [4.78, 5) is 12.6. The monoisotopic (exact) mass is 315 g/mol. The highest BCUT2D eigenvalue weighted by atomic mass is 19.2. The van der Waals surface area contributed by atoms with Crippen molar-refractivity contribution in [2.45, 2.75) is 59.5 Å². The summed E-state index contributed by atoms with van der Waals surface area (Å²) in [6.07, 6.45) is -0.0313. The van der Waals surface area contributed by atoms with Gasteiger partial charge in [-0.1, -0.05) is 20.8 Å². The first-order valence-corrected chi connectivity index (χ1v) is 7.26. The number of carbonyl (C=O) groups excluding carboxylic acids is 1. The minimum atomic E-state index is -1.23. The van der Waals surface area contributed by atoms with Crippen LogP contribution < -0.4 is 5.32 Å². The number of ketones is 1. The molecule has 0 aliphatic heterocycles. The summed E-state index contributed by atoms with van der Waals surface area (Å²) in [6.45, 7) is 11.0. The SMILES string of the molecule is CC(C)(C)N[C@@H](Cc1cc(F)c(F)cc1F)C(=O)C(C)(C)C. The van der Waals surface area contributed by atoms with Crippen LogP contribution in [0.2, 0.25) is 0 Å². The van der Waals surface area contributed by atoms with E-state index in [1.54, 1.807) is 20.8 Å². The predicted octanol–water partition coefficient (Wildman–Crippen LogP) is 4.02. The smallest absolute Gasteiger partial charge is 0.161 e. The van der Waals surface area contributed by atoms with Gasteiger partial charge in [0.25, 0.3) is 0 Å². The van der Waals surface area contributed by atoms with Crippen molar-refractivity contribution in [1.29, 1.82) is 0 Å². The van der Waals surface area contributed by atoms with Gasteiger partial charge in [0.1, 0.15) is 5.82 Å². The van der Waals surface area contributed by atoms with Gasteiger partial charge < -0.3 is 5.32 Å². The molecule has 0 saturated carbocycles. The number of hydrogen-bond donors (Lipinski definition) is 1. The Bertz CT molecular complexity index is 556. The van der Waals surface area contributed by atoms with Gasteiger partial charge in [0, 0.05) is 17.0 Å². The Morgan fingerprint density at radius 2 is 1.50 bits per heavy atom. The molecule has 1 rings (SSSR count). The van der Waals surface area contributed by atoms with Gasteiger partial charge in [0.2, 0.25) is 0 Å². The molecule has 0 aliphatic rings. The van der Waals surface area contributed by atoms with Crippen LogP contribution in [-0.4, -0.2) is 17.4 Å². The number of rotatable bonds is 4. The molecule has 0 aromatic heterocycles. The van der Waals surface area contributed by atoms with Crippen molar-refractivity contribution in [1.82, 2.24) is 5.32 Å². The Morgan fingerprint density at radius 1 is 1.00 bits per heavy atom. The Morgan fingerprint density at radius 3 is 1.95 bits per heavy atom. The van der Waals surface area contributed by atoms with E-state index in [0.717, 1.165) is 6.07 Å². The first kappa shape index (κ1) is 18.7. The Labute approximate surface area is 130 Å². The normalized spacial score (nSPS) is 14.0. The van der Waals surface area contributed by atoms with E-state index in [9.17, 15) is 18.0 Å². The minimum Gasteiger partial charge on any atom is -0.302 e. The fraction of sp³-hybridized carbons (Fsp3) is 0.588. The van der Waals surface area contributed by atoms with Crippen LogP contribution in [0.4, 0.5) is 13.2 Å². The molecule has 0 radical (unpaired) electrons. The highest BCUT2D eigenvalue weighted by Gasteiger charge is 2.32. The second-order valence-corrected chi connectivity index (χ2v) is 7.62. The van der Waals surface area contributed by atoms with Crippen molar-refractivity contribution in [3.8, 4) is 0 Å². The molecular weight excluding hydrogens is 291 g/mol. The lowest BCUT2D eigenvalue weighted by molar-refractivity contribution is -0.128. The molecule has 0 spiro atoms. The van der Waals surface area contributed by atoms with E-state index in [2.05, 4.69) is 5.32 Å². The molecule has 1 N–H and O–H groups in total. The lowest BCUT2D eigenvalue weighted by Crippen LogP contribution is -2.52. The van der Waals surface area contributed by atoms with Crippen molar-refractivity contribution < 1.29 is 18.0 Å². The summed E-state index contributed by atoms with van der Waals surface area (Å²) in [7, 11) is 0. The van der Waals surface area contributed by atoms with Crippen LogP contribution in [0.1, 0.15) is 47.1 Å². The van der Waals surface area contributed by atoms with Gasteiger partial charge in [-0.05, 0) is 38.8 Å². The third kappa shape index (κ3) is 5.13. The molecule has 0 heterocycles. The number of Topliss-reactive ketones (excluding diaryl/α,β-unsaturated/α-hetero) is 1. The summed E-state index contributed by atoms with van der Waals surface area (Å²) in [5, 5.41) is 3.14. The number of carbonyl (C=O) groups is 1. The minimum absolute atomic E-state index is 0.0155. The van der Waals surface area contributed by atoms with Crippen molar-refractivity contribution in [3.05, 3.63) is 35.1 Å². The standard InChI is InChI=1S/C17H24F3NO/c1-16(2,3)15(22)14(21-17(4,5)6)8-10-7-12(19)13(20)9-11(10)18/h7,9,14,21H,8H2,1-6H3/t14-/m0/s1. The van der Waals surface area contributed by atoms with Crippen LogP contribution in [0, 0.1) is 22.9 Å². The molecule has 1 atom stereocenters. The van der Waals surface area contributed by atoms with Crippen molar-refractivity contribution >= 4 is 5.78 Å². The van der Waals surface area contributed by atoms with Gasteiger partial charge in [-0.15, -0.1) is 0 Å². The van der Waals surface area contributed by atoms with Gasteiger partial charge in [0.05, 0.1) is 6.04 Å². The van der Waals surface area contributed by atoms with Gasteiger partial charge in [-0.3, -0.25) is 4.79 Å². The molecule has 124 valence electrons. The van der Waals surface area contributed by atoms with Gasteiger partial charge in [0.15, 0.2) is 17.4 Å². The molecule has 0 bridgehead atoms. The first-order chi connectivity index (χ1) is 9.81.